The normalized spacial score (nSPS) is 11.7. The summed E-state index contributed by atoms with van der Waals surface area (Å²) < 4.78 is 1.50. The number of nitriles is 1. The van der Waals surface area contributed by atoms with E-state index in [1.807, 2.05) is 37.3 Å². The molecule has 2 rings (SSSR count). The second kappa shape index (κ2) is 6.34. The van der Waals surface area contributed by atoms with Crippen molar-refractivity contribution in [2.24, 2.45) is 0 Å². The highest BCUT2D eigenvalue weighted by molar-refractivity contribution is 9.11. The highest BCUT2D eigenvalue weighted by atomic mass is 79.9. The van der Waals surface area contributed by atoms with Crippen LogP contribution in [0.1, 0.15) is 27.4 Å². The van der Waals surface area contributed by atoms with Gasteiger partial charge in [0, 0.05) is 14.5 Å². The molecule has 0 radical (unpaired) electrons. The Morgan fingerprint density at radius 3 is 2.60 bits per heavy atom. The van der Waals surface area contributed by atoms with Gasteiger partial charge in [-0.15, -0.1) is 0 Å². The fourth-order valence-electron chi connectivity index (χ4n) is 1.98. The summed E-state index contributed by atoms with van der Waals surface area (Å²) in [5.74, 6) is -0.994. The number of ketones is 1. The average molecular weight is 393 g/mol. The maximum Gasteiger partial charge on any atom is 0.185 e. The van der Waals surface area contributed by atoms with E-state index in [-0.39, 0.29) is 5.78 Å². The first kappa shape index (κ1) is 15.0. The number of benzene rings is 2. The number of hydrogen-bond acceptors (Lipinski definition) is 2. The Hall–Kier alpha value is -1.44. The molecule has 1 unspecified atom stereocenters. The van der Waals surface area contributed by atoms with Crippen LogP contribution in [0.15, 0.2) is 51.4 Å². The Balaban J connectivity index is 2.45. The van der Waals surface area contributed by atoms with Crippen LogP contribution in [0.3, 0.4) is 0 Å². The van der Waals surface area contributed by atoms with Crippen molar-refractivity contribution >= 4 is 37.6 Å². The minimum atomic E-state index is -0.791. The van der Waals surface area contributed by atoms with E-state index < -0.39 is 5.92 Å². The lowest BCUT2D eigenvalue weighted by Crippen LogP contribution is -2.12. The summed E-state index contributed by atoms with van der Waals surface area (Å²) in [4.78, 5) is 12.6. The number of nitrogens with zero attached hydrogens (tertiary/aromatic N) is 1. The van der Waals surface area contributed by atoms with E-state index in [2.05, 4.69) is 37.9 Å². The molecule has 0 aliphatic rings. The number of rotatable bonds is 3. The van der Waals surface area contributed by atoms with Gasteiger partial charge in [0.25, 0.3) is 0 Å². The van der Waals surface area contributed by atoms with Crippen molar-refractivity contribution in [1.29, 1.82) is 5.26 Å². The molecule has 0 fully saturated rings. The molecule has 0 N–H and O–H groups in total. The molecule has 0 amide bonds. The van der Waals surface area contributed by atoms with E-state index >= 15 is 0 Å². The molecule has 0 spiro atoms. The van der Waals surface area contributed by atoms with Gasteiger partial charge in [-0.2, -0.15) is 5.26 Å². The second-order valence-corrected chi connectivity index (χ2v) is 6.23. The average Bonchev–Trinajstić information content (AvgIpc) is 2.42. The Morgan fingerprint density at radius 2 is 1.95 bits per heavy atom. The zero-order chi connectivity index (χ0) is 14.7. The van der Waals surface area contributed by atoms with Gasteiger partial charge in [-0.05, 0) is 30.7 Å². The fraction of sp³-hybridized carbons (Fsp3) is 0.125. The van der Waals surface area contributed by atoms with Crippen molar-refractivity contribution in [3.63, 3.8) is 0 Å². The molecule has 0 saturated heterocycles. The van der Waals surface area contributed by atoms with Gasteiger partial charge in [-0.1, -0.05) is 61.7 Å². The van der Waals surface area contributed by atoms with Gasteiger partial charge in [0.1, 0.15) is 5.92 Å². The quantitative estimate of drug-likeness (QED) is 0.688. The van der Waals surface area contributed by atoms with Gasteiger partial charge in [-0.25, -0.2) is 0 Å². The molecule has 0 saturated carbocycles. The van der Waals surface area contributed by atoms with Crippen LogP contribution in [0, 0.1) is 18.3 Å². The van der Waals surface area contributed by atoms with Crippen molar-refractivity contribution in [3.05, 3.63) is 68.1 Å². The molecule has 1 atom stereocenters. The van der Waals surface area contributed by atoms with Gasteiger partial charge in [-0.3, -0.25) is 4.79 Å². The summed E-state index contributed by atoms with van der Waals surface area (Å²) in [6, 6.07) is 15.0. The van der Waals surface area contributed by atoms with Gasteiger partial charge in [0.05, 0.1) is 6.07 Å². The van der Waals surface area contributed by atoms with Crippen LogP contribution in [0.5, 0.6) is 0 Å². The monoisotopic (exact) mass is 391 g/mol. The largest absolute Gasteiger partial charge is 0.292 e. The topological polar surface area (TPSA) is 40.9 Å². The van der Waals surface area contributed by atoms with Crippen molar-refractivity contribution < 1.29 is 4.79 Å². The number of carbonyl (C=O) groups is 1. The molecular weight excluding hydrogens is 382 g/mol. The lowest BCUT2D eigenvalue weighted by atomic mass is 9.91. The van der Waals surface area contributed by atoms with Gasteiger partial charge < -0.3 is 0 Å². The number of Topliss-reactive ketones (excluding diaryl/α,β-unsaturated/α-hetero) is 1. The van der Waals surface area contributed by atoms with E-state index in [0.717, 1.165) is 15.6 Å². The summed E-state index contributed by atoms with van der Waals surface area (Å²) in [5.41, 5.74) is 2.26. The molecule has 2 aromatic carbocycles. The van der Waals surface area contributed by atoms with Crippen molar-refractivity contribution in [2.45, 2.75) is 12.8 Å². The molecule has 100 valence electrons. The summed E-state index contributed by atoms with van der Waals surface area (Å²) in [7, 11) is 0. The predicted molar refractivity (Wildman–Crippen MR) is 85.7 cm³/mol. The fourth-order valence-corrected chi connectivity index (χ4v) is 2.78. The molecule has 0 bridgehead atoms. The third kappa shape index (κ3) is 3.17. The Morgan fingerprint density at radius 1 is 1.20 bits per heavy atom. The summed E-state index contributed by atoms with van der Waals surface area (Å²) in [6.45, 7) is 1.94. The number of carbonyl (C=O) groups excluding carboxylic acids is 1. The molecule has 0 aliphatic heterocycles. The highest BCUT2D eigenvalue weighted by Gasteiger charge is 2.23. The molecule has 4 heteroatoms. The van der Waals surface area contributed by atoms with Crippen LogP contribution >= 0.6 is 31.9 Å². The zero-order valence-electron chi connectivity index (χ0n) is 10.7. The summed E-state index contributed by atoms with van der Waals surface area (Å²) in [5, 5.41) is 9.36. The summed E-state index contributed by atoms with van der Waals surface area (Å²) >= 11 is 6.71. The van der Waals surface area contributed by atoms with Gasteiger partial charge >= 0.3 is 0 Å². The van der Waals surface area contributed by atoms with Crippen LogP contribution in [0.2, 0.25) is 0 Å². The molecule has 0 heterocycles. The van der Waals surface area contributed by atoms with Crippen LogP contribution in [0.25, 0.3) is 0 Å². The standard InChI is InChI=1S/C16H11Br2NO/c1-10-3-2-4-11(7-10)14(9-19)16(20)13-8-12(17)5-6-15(13)18/h2-8,14H,1H3. The third-order valence-corrected chi connectivity index (χ3v) is 4.15. The lowest BCUT2D eigenvalue weighted by molar-refractivity contribution is 0.0978. The molecule has 0 aromatic heterocycles. The number of halogens is 2. The first-order valence-electron chi connectivity index (χ1n) is 5.98. The van der Waals surface area contributed by atoms with Gasteiger partial charge in [0.2, 0.25) is 0 Å². The van der Waals surface area contributed by atoms with E-state index in [0.29, 0.717) is 10.0 Å². The van der Waals surface area contributed by atoms with Crippen molar-refractivity contribution in [3.8, 4) is 6.07 Å². The molecule has 20 heavy (non-hydrogen) atoms. The van der Waals surface area contributed by atoms with Crippen LogP contribution in [0.4, 0.5) is 0 Å². The van der Waals surface area contributed by atoms with E-state index in [1.165, 1.54) is 0 Å². The van der Waals surface area contributed by atoms with Crippen LogP contribution in [-0.2, 0) is 0 Å². The maximum atomic E-state index is 12.6. The van der Waals surface area contributed by atoms with E-state index in [4.69, 9.17) is 0 Å². The Bertz CT molecular complexity index is 704. The SMILES string of the molecule is Cc1cccc(C(C#N)C(=O)c2cc(Br)ccc2Br)c1. The van der Waals surface area contributed by atoms with E-state index in [9.17, 15) is 10.1 Å². The first-order valence-corrected chi connectivity index (χ1v) is 7.57. The number of hydrogen-bond donors (Lipinski definition) is 0. The molecular formula is C16H11Br2NO. The van der Waals surface area contributed by atoms with Gasteiger partial charge in [0.15, 0.2) is 5.78 Å². The number of aryl methyl sites for hydroxylation is 1. The minimum Gasteiger partial charge on any atom is -0.292 e. The van der Waals surface area contributed by atoms with E-state index in [1.54, 1.807) is 12.1 Å². The van der Waals surface area contributed by atoms with Crippen molar-refractivity contribution in [2.75, 3.05) is 0 Å². The first-order chi connectivity index (χ1) is 9.52. The smallest absolute Gasteiger partial charge is 0.185 e. The Labute approximate surface area is 134 Å². The Kier molecular flexibility index (Phi) is 4.74. The zero-order valence-corrected chi connectivity index (χ0v) is 13.9. The van der Waals surface area contributed by atoms with Crippen LogP contribution in [-0.4, -0.2) is 5.78 Å². The molecule has 0 aliphatic carbocycles. The lowest BCUT2D eigenvalue weighted by Gasteiger charge is -2.11. The molecule has 2 aromatic rings. The highest BCUT2D eigenvalue weighted by Crippen LogP contribution is 2.28. The molecule has 2 nitrogen and oxygen atoms in total. The second-order valence-electron chi connectivity index (χ2n) is 4.46. The third-order valence-electron chi connectivity index (χ3n) is 2.96. The minimum absolute atomic E-state index is 0.203. The van der Waals surface area contributed by atoms with Crippen molar-refractivity contribution in [1.82, 2.24) is 0 Å². The maximum absolute atomic E-state index is 12.6. The summed E-state index contributed by atoms with van der Waals surface area (Å²) in [6.07, 6.45) is 0. The van der Waals surface area contributed by atoms with Crippen LogP contribution < -0.4 is 0 Å². The predicted octanol–water partition coefficient (Wildman–Crippen LogP) is 5.01.